The SMILES string of the molecule is CCC(C(=O)O)N(C)CC(=O)N1C(C)CCCC1C. The van der Waals surface area contributed by atoms with Crippen molar-refractivity contribution in [2.75, 3.05) is 13.6 Å². The van der Waals surface area contributed by atoms with Gasteiger partial charge in [-0.1, -0.05) is 6.92 Å². The van der Waals surface area contributed by atoms with E-state index in [0.29, 0.717) is 6.42 Å². The number of likely N-dealkylation sites (N-methyl/N-ethyl adjacent to an activating group) is 1. The van der Waals surface area contributed by atoms with E-state index in [1.54, 1.807) is 11.9 Å². The van der Waals surface area contributed by atoms with Gasteiger partial charge in [0.05, 0.1) is 6.54 Å². The highest BCUT2D eigenvalue weighted by molar-refractivity contribution is 5.80. The van der Waals surface area contributed by atoms with E-state index < -0.39 is 12.0 Å². The molecule has 0 aromatic carbocycles. The van der Waals surface area contributed by atoms with Crippen molar-refractivity contribution in [3.8, 4) is 0 Å². The van der Waals surface area contributed by atoms with Gasteiger partial charge < -0.3 is 10.0 Å². The van der Waals surface area contributed by atoms with Gasteiger partial charge in [-0.3, -0.25) is 14.5 Å². The molecule has 3 unspecified atom stereocenters. The van der Waals surface area contributed by atoms with Crippen molar-refractivity contribution in [1.82, 2.24) is 9.80 Å². The minimum absolute atomic E-state index is 0.0434. The molecular weight excluding hydrogens is 244 g/mol. The Bertz CT molecular complexity index is 323. The summed E-state index contributed by atoms with van der Waals surface area (Å²) in [5, 5.41) is 9.10. The summed E-state index contributed by atoms with van der Waals surface area (Å²) >= 11 is 0. The normalized spacial score (nSPS) is 25.4. The van der Waals surface area contributed by atoms with Gasteiger partial charge in [0, 0.05) is 12.1 Å². The third-order valence-corrected chi connectivity index (χ3v) is 4.07. The lowest BCUT2D eigenvalue weighted by atomic mass is 9.97. The fraction of sp³-hybridized carbons (Fsp3) is 0.857. The summed E-state index contributed by atoms with van der Waals surface area (Å²) in [6.07, 6.45) is 3.74. The largest absolute Gasteiger partial charge is 0.480 e. The quantitative estimate of drug-likeness (QED) is 0.824. The van der Waals surface area contributed by atoms with Crippen molar-refractivity contribution in [1.29, 1.82) is 0 Å². The van der Waals surface area contributed by atoms with E-state index in [0.717, 1.165) is 19.3 Å². The fourth-order valence-corrected chi connectivity index (χ4v) is 2.99. The minimum Gasteiger partial charge on any atom is -0.480 e. The lowest BCUT2D eigenvalue weighted by molar-refractivity contribution is -0.145. The van der Waals surface area contributed by atoms with Gasteiger partial charge in [0.2, 0.25) is 5.91 Å². The lowest BCUT2D eigenvalue weighted by Crippen LogP contribution is -2.52. The molecule has 1 fully saturated rings. The van der Waals surface area contributed by atoms with Gasteiger partial charge in [0.15, 0.2) is 0 Å². The van der Waals surface area contributed by atoms with E-state index in [9.17, 15) is 9.59 Å². The Hall–Kier alpha value is -1.10. The van der Waals surface area contributed by atoms with Crippen LogP contribution in [0, 0.1) is 0 Å². The molecule has 0 spiro atoms. The first-order valence-corrected chi connectivity index (χ1v) is 7.12. The number of nitrogens with zero attached hydrogens (tertiary/aromatic N) is 2. The topological polar surface area (TPSA) is 60.9 Å². The zero-order valence-corrected chi connectivity index (χ0v) is 12.4. The van der Waals surface area contributed by atoms with Crippen molar-refractivity contribution in [2.24, 2.45) is 0 Å². The monoisotopic (exact) mass is 270 g/mol. The summed E-state index contributed by atoms with van der Waals surface area (Å²) in [4.78, 5) is 27.0. The van der Waals surface area contributed by atoms with Crippen LogP contribution >= 0.6 is 0 Å². The van der Waals surface area contributed by atoms with Crippen LogP contribution in [0.25, 0.3) is 0 Å². The van der Waals surface area contributed by atoms with E-state index in [4.69, 9.17) is 5.11 Å². The first-order chi connectivity index (χ1) is 8.88. The Morgan fingerprint density at radius 3 is 2.26 bits per heavy atom. The molecule has 0 radical (unpaired) electrons. The van der Waals surface area contributed by atoms with Gasteiger partial charge in [0.1, 0.15) is 6.04 Å². The van der Waals surface area contributed by atoms with E-state index in [2.05, 4.69) is 13.8 Å². The smallest absolute Gasteiger partial charge is 0.320 e. The van der Waals surface area contributed by atoms with Gasteiger partial charge in [-0.2, -0.15) is 0 Å². The predicted octanol–water partition coefficient (Wildman–Crippen LogP) is 1.57. The number of carbonyl (C=O) groups excluding carboxylic acids is 1. The third kappa shape index (κ3) is 3.93. The lowest BCUT2D eigenvalue weighted by Gasteiger charge is -2.40. The molecule has 0 aromatic rings. The average molecular weight is 270 g/mol. The third-order valence-electron chi connectivity index (χ3n) is 4.07. The van der Waals surface area contributed by atoms with Crippen molar-refractivity contribution in [2.45, 2.75) is 64.6 Å². The number of carbonyl (C=O) groups is 2. The van der Waals surface area contributed by atoms with Gasteiger partial charge in [0.25, 0.3) is 0 Å². The van der Waals surface area contributed by atoms with Crippen LogP contribution in [0.1, 0.15) is 46.5 Å². The van der Waals surface area contributed by atoms with Crippen LogP contribution in [0.15, 0.2) is 0 Å². The number of carboxylic acid groups (broad SMARTS) is 1. The molecule has 1 rings (SSSR count). The molecule has 1 amide bonds. The number of piperidine rings is 1. The van der Waals surface area contributed by atoms with Crippen LogP contribution in [0.2, 0.25) is 0 Å². The molecule has 1 aliphatic heterocycles. The maximum absolute atomic E-state index is 12.4. The van der Waals surface area contributed by atoms with Crippen molar-refractivity contribution in [3.63, 3.8) is 0 Å². The van der Waals surface area contributed by atoms with Crippen LogP contribution < -0.4 is 0 Å². The summed E-state index contributed by atoms with van der Waals surface area (Å²) in [5.74, 6) is -0.820. The Labute approximate surface area is 115 Å². The number of carboxylic acids is 1. The predicted molar refractivity (Wildman–Crippen MR) is 74.0 cm³/mol. The summed E-state index contributed by atoms with van der Waals surface area (Å²) < 4.78 is 0. The number of hydrogen-bond acceptors (Lipinski definition) is 3. The van der Waals surface area contributed by atoms with E-state index in [-0.39, 0.29) is 24.5 Å². The fourth-order valence-electron chi connectivity index (χ4n) is 2.99. The second-order valence-corrected chi connectivity index (χ2v) is 5.61. The van der Waals surface area contributed by atoms with Crippen molar-refractivity contribution in [3.05, 3.63) is 0 Å². The highest BCUT2D eigenvalue weighted by Crippen LogP contribution is 2.22. The van der Waals surface area contributed by atoms with Gasteiger partial charge in [-0.25, -0.2) is 0 Å². The molecule has 5 nitrogen and oxygen atoms in total. The molecular formula is C14H26N2O3. The molecule has 3 atom stereocenters. The maximum atomic E-state index is 12.4. The molecule has 110 valence electrons. The molecule has 5 heteroatoms. The van der Waals surface area contributed by atoms with E-state index in [1.165, 1.54) is 0 Å². The first kappa shape index (κ1) is 16.0. The number of likely N-dealkylation sites (tertiary alicyclic amines) is 1. The van der Waals surface area contributed by atoms with E-state index >= 15 is 0 Å². The minimum atomic E-state index is -0.863. The Kier molecular flexibility index (Phi) is 5.79. The van der Waals surface area contributed by atoms with Gasteiger partial charge in [-0.15, -0.1) is 0 Å². The number of aliphatic carboxylic acids is 1. The summed E-state index contributed by atoms with van der Waals surface area (Å²) in [5.41, 5.74) is 0. The maximum Gasteiger partial charge on any atom is 0.320 e. The van der Waals surface area contributed by atoms with Crippen molar-refractivity contribution >= 4 is 11.9 Å². The summed E-state index contributed by atoms with van der Waals surface area (Å²) in [6, 6.07) is -0.0662. The molecule has 1 saturated heterocycles. The Morgan fingerprint density at radius 2 is 1.84 bits per heavy atom. The highest BCUT2D eigenvalue weighted by Gasteiger charge is 2.31. The van der Waals surface area contributed by atoms with Crippen LogP contribution in [-0.4, -0.2) is 58.5 Å². The molecule has 0 aromatic heterocycles. The standard InChI is InChI=1S/C14H26N2O3/c1-5-12(14(18)19)15(4)9-13(17)16-10(2)7-6-8-11(16)3/h10-12H,5-9H2,1-4H3,(H,18,19). The highest BCUT2D eigenvalue weighted by atomic mass is 16.4. The molecule has 1 heterocycles. The number of amides is 1. The number of rotatable bonds is 5. The molecule has 0 saturated carbocycles. The molecule has 1 aliphatic rings. The average Bonchev–Trinajstić information content (AvgIpc) is 2.28. The Morgan fingerprint density at radius 1 is 1.32 bits per heavy atom. The number of hydrogen-bond donors (Lipinski definition) is 1. The van der Waals surface area contributed by atoms with Crippen LogP contribution in [0.5, 0.6) is 0 Å². The van der Waals surface area contributed by atoms with Crippen LogP contribution in [0.3, 0.4) is 0 Å². The molecule has 19 heavy (non-hydrogen) atoms. The molecule has 0 aliphatic carbocycles. The van der Waals surface area contributed by atoms with Gasteiger partial charge >= 0.3 is 5.97 Å². The van der Waals surface area contributed by atoms with Crippen LogP contribution in [0.4, 0.5) is 0 Å². The summed E-state index contributed by atoms with van der Waals surface area (Å²) in [6.45, 7) is 6.15. The molecule has 0 bridgehead atoms. The second kappa shape index (κ2) is 6.89. The zero-order valence-electron chi connectivity index (χ0n) is 12.4. The zero-order chi connectivity index (χ0) is 14.6. The second-order valence-electron chi connectivity index (χ2n) is 5.61. The van der Waals surface area contributed by atoms with Gasteiger partial charge in [-0.05, 0) is 46.6 Å². The summed E-state index contributed by atoms with van der Waals surface area (Å²) in [7, 11) is 1.71. The first-order valence-electron chi connectivity index (χ1n) is 7.12. The van der Waals surface area contributed by atoms with Crippen molar-refractivity contribution < 1.29 is 14.7 Å². The Balaban J connectivity index is 2.65. The molecule has 1 N–H and O–H groups in total. The van der Waals surface area contributed by atoms with Crippen LogP contribution in [-0.2, 0) is 9.59 Å². The van der Waals surface area contributed by atoms with E-state index in [1.807, 2.05) is 11.8 Å².